The van der Waals surface area contributed by atoms with Gasteiger partial charge in [-0.15, -0.1) is 10.2 Å². The zero-order valence-electron chi connectivity index (χ0n) is 20.6. The summed E-state index contributed by atoms with van der Waals surface area (Å²) in [7, 11) is 0. The number of aryl methyl sites for hydroxylation is 1. The Morgan fingerprint density at radius 2 is 1.66 bits per heavy atom. The molecule has 1 N–H and O–H groups in total. The van der Waals surface area contributed by atoms with Crippen LogP contribution >= 0.6 is 23.4 Å². The summed E-state index contributed by atoms with van der Waals surface area (Å²) < 4.78 is 1.97. The van der Waals surface area contributed by atoms with Gasteiger partial charge in [-0.05, 0) is 66.3 Å². The van der Waals surface area contributed by atoms with Crippen LogP contribution in [-0.4, -0.2) is 26.4 Å². The van der Waals surface area contributed by atoms with Gasteiger partial charge < -0.3 is 5.32 Å². The van der Waals surface area contributed by atoms with Crippen LogP contribution in [0.15, 0.2) is 71.9 Å². The van der Waals surface area contributed by atoms with Crippen molar-refractivity contribution in [3.05, 3.63) is 88.4 Å². The minimum Gasteiger partial charge on any atom is -0.325 e. The first-order valence-corrected chi connectivity index (χ1v) is 12.8. The normalized spacial score (nSPS) is 11.5. The van der Waals surface area contributed by atoms with Crippen LogP contribution in [-0.2, 0) is 10.2 Å². The van der Waals surface area contributed by atoms with Gasteiger partial charge in [-0.3, -0.25) is 9.36 Å². The van der Waals surface area contributed by atoms with E-state index in [9.17, 15) is 4.79 Å². The van der Waals surface area contributed by atoms with Crippen molar-refractivity contribution >= 4 is 35.0 Å². The van der Waals surface area contributed by atoms with E-state index >= 15 is 0 Å². The van der Waals surface area contributed by atoms with Gasteiger partial charge in [0.05, 0.1) is 5.75 Å². The molecular formula is C28H29ClN4OS. The molecule has 1 amide bonds. The summed E-state index contributed by atoms with van der Waals surface area (Å²) in [6, 6.07) is 21.8. The van der Waals surface area contributed by atoms with Gasteiger partial charge in [0.15, 0.2) is 11.0 Å². The van der Waals surface area contributed by atoms with Crippen molar-refractivity contribution in [1.82, 2.24) is 14.8 Å². The van der Waals surface area contributed by atoms with E-state index < -0.39 is 0 Å². The van der Waals surface area contributed by atoms with Crippen LogP contribution in [0, 0.1) is 13.8 Å². The number of carbonyl (C=O) groups excluding carboxylic acids is 1. The highest BCUT2D eigenvalue weighted by Crippen LogP contribution is 2.31. The van der Waals surface area contributed by atoms with Crippen molar-refractivity contribution in [1.29, 1.82) is 0 Å². The molecule has 35 heavy (non-hydrogen) atoms. The van der Waals surface area contributed by atoms with E-state index in [1.165, 1.54) is 17.3 Å². The number of aromatic nitrogens is 3. The fraction of sp³-hybridized carbons (Fsp3) is 0.250. The Balaban J connectivity index is 1.62. The largest absolute Gasteiger partial charge is 0.325 e. The van der Waals surface area contributed by atoms with Crippen LogP contribution in [0.5, 0.6) is 0 Å². The topological polar surface area (TPSA) is 59.8 Å². The number of halogens is 1. The van der Waals surface area contributed by atoms with Crippen LogP contribution < -0.4 is 5.32 Å². The van der Waals surface area contributed by atoms with Crippen LogP contribution in [0.4, 0.5) is 5.69 Å². The molecule has 0 aliphatic carbocycles. The second-order valence-corrected chi connectivity index (χ2v) is 10.9. The van der Waals surface area contributed by atoms with E-state index in [1.807, 2.05) is 60.9 Å². The first-order chi connectivity index (χ1) is 16.6. The molecule has 4 rings (SSSR count). The van der Waals surface area contributed by atoms with Gasteiger partial charge in [-0.1, -0.05) is 80.5 Å². The van der Waals surface area contributed by atoms with E-state index in [-0.39, 0.29) is 17.1 Å². The number of anilines is 1. The molecule has 5 nitrogen and oxygen atoms in total. The lowest BCUT2D eigenvalue weighted by Gasteiger charge is -2.19. The Morgan fingerprint density at radius 1 is 0.971 bits per heavy atom. The summed E-state index contributed by atoms with van der Waals surface area (Å²) in [5.41, 5.74) is 6.17. The van der Waals surface area contributed by atoms with E-state index in [1.54, 1.807) is 0 Å². The lowest BCUT2D eigenvalue weighted by molar-refractivity contribution is -0.113. The number of amides is 1. The van der Waals surface area contributed by atoms with Crippen LogP contribution in [0.1, 0.15) is 37.5 Å². The highest BCUT2D eigenvalue weighted by atomic mass is 35.5. The highest BCUT2D eigenvalue weighted by molar-refractivity contribution is 7.99. The Bertz CT molecular complexity index is 1340. The maximum atomic E-state index is 12.7. The first-order valence-electron chi connectivity index (χ1n) is 11.4. The number of rotatable bonds is 6. The Kier molecular flexibility index (Phi) is 7.33. The van der Waals surface area contributed by atoms with Crippen molar-refractivity contribution in [3.8, 4) is 17.1 Å². The molecule has 1 aromatic heterocycles. The standard InChI is InChI=1S/C28H29ClN4OS/c1-18-7-6-8-24(19(18)2)30-25(34)17-35-27-32-31-26(33(27)23-15-13-22(29)14-16-23)20-9-11-21(12-10-20)28(3,4)5/h6-16H,17H2,1-5H3,(H,30,34). The van der Waals surface area contributed by atoms with Crippen LogP contribution in [0.25, 0.3) is 17.1 Å². The van der Waals surface area contributed by atoms with Crippen LogP contribution in [0.2, 0.25) is 5.02 Å². The molecule has 3 aromatic carbocycles. The van der Waals surface area contributed by atoms with Gasteiger partial charge in [0.1, 0.15) is 0 Å². The third-order valence-corrected chi connectivity index (χ3v) is 7.12. The van der Waals surface area contributed by atoms with E-state index in [0.717, 1.165) is 28.1 Å². The molecule has 1 heterocycles. The smallest absolute Gasteiger partial charge is 0.234 e. The Labute approximate surface area is 215 Å². The molecule has 0 aliphatic rings. The fourth-order valence-corrected chi connectivity index (χ4v) is 4.57. The zero-order chi connectivity index (χ0) is 25.2. The molecule has 0 saturated carbocycles. The second kappa shape index (κ2) is 10.3. The van der Waals surface area contributed by atoms with Crippen LogP contribution in [0.3, 0.4) is 0 Å². The number of hydrogen-bond donors (Lipinski definition) is 1. The molecule has 0 atom stereocenters. The third-order valence-electron chi connectivity index (χ3n) is 5.94. The molecule has 0 fully saturated rings. The van der Waals surface area contributed by atoms with Crippen molar-refractivity contribution in [2.75, 3.05) is 11.1 Å². The van der Waals surface area contributed by atoms with Crippen molar-refractivity contribution in [2.45, 2.75) is 45.2 Å². The highest BCUT2D eigenvalue weighted by Gasteiger charge is 2.19. The summed E-state index contributed by atoms with van der Waals surface area (Å²) >= 11 is 7.49. The van der Waals surface area contributed by atoms with E-state index in [2.05, 4.69) is 60.6 Å². The average Bonchev–Trinajstić information content (AvgIpc) is 3.25. The molecule has 0 spiro atoms. The summed E-state index contributed by atoms with van der Waals surface area (Å²) in [6.07, 6.45) is 0. The zero-order valence-corrected chi connectivity index (χ0v) is 22.2. The summed E-state index contributed by atoms with van der Waals surface area (Å²) in [6.45, 7) is 10.6. The monoisotopic (exact) mass is 504 g/mol. The summed E-state index contributed by atoms with van der Waals surface area (Å²) in [5.74, 6) is 0.831. The SMILES string of the molecule is Cc1cccc(NC(=O)CSc2nnc(-c3ccc(C(C)(C)C)cc3)n2-c2ccc(Cl)cc2)c1C. The average molecular weight is 505 g/mol. The fourth-order valence-electron chi connectivity index (χ4n) is 3.70. The molecule has 0 radical (unpaired) electrons. The van der Waals surface area contributed by atoms with Crippen molar-refractivity contribution in [2.24, 2.45) is 0 Å². The maximum Gasteiger partial charge on any atom is 0.234 e. The van der Waals surface area contributed by atoms with E-state index in [4.69, 9.17) is 11.6 Å². The summed E-state index contributed by atoms with van der Waals surface area (Å²) in [4.78, 5) is 12.7. The van der Waals surface area contributed by atoms with Gasteiger partial charge in [0.2, 0.25) is 5.91 Å². The van der Waals surface area contributed by atoms with Crippen molar-refractivity contribution in [3.63, 3.8) is 0 Å². The number of nitrogens with one attached hydrogen (secondary N) is 1. The lowest BCUT2D eigenvalue weighted by atomic mass is 9.87. The van der Waals surface area contributed by atoms with E-state index in [0.29, 0.717) is 16.0 Å². The number of carbonyl (C=O) groups is 1. The number of benzene rings is 3. The van der Waals surface area contributed by atoms with Gasteiger partial charge >= 0.3 is 0 Å². The minimum atomic E-state index is -0.0922. The molecule has 0 unspecified atom stereocenters. The number of nitrogens with zero attached hydrogens (tertiary/aromatic N) is 3. The quantitative estimate of drug-likeness (QED) is 0.281. The molecule has 0 saturated heterocycles. The Hall–Kier alpha value is -3.09. The van der Waals surface area contributed by atoms with Gasteiger partial charge in [0, 0.05) is 22.0 Å². The molecule has 7 heteroatoms. The molecule has 0 aliphatic heterocycles. The molecule has 0 bridgehead atoms. The summed E-state index contributed by atoms with van der Waals surface area (Å²) in [5, 5.41) is 13.2. The lowest BCUT2D eigenvalue weighted by Crippen LogP contribution is -2.15. The molecule has 4 aromatic rings. The third kappa shape index (κ3) is 5.77. The molecule has 180 valence electrons. The Morgan fingerprint density at radius 3 is 2.31 bits per heavy atom. The van der Waals surface area contributed by atoms with Crippen molar-refractivity contribution < 1.29 is 4.79 Å². The minimum absolute atomic E-state index is 0.0619. The number of thioether (sulfide) groups is 1. The molecular weight excluding hydrogens is 476 g/mol. The second-order valence-electron chi connectivity index (χ2n) is 9.53. The predicted molar refractivity (Wildman–Crippen MR) is 146 cm³/mol. The maximum absolute atomic E-state index is 12.7. The van der Waals surface area contributed by atoms with Gasteiger partial charge in [0.25, 0.3) is 0 Å². The predicted octanol–water partition coefficient (Wildman–Crippen LogP) is 7.23. The first kappa shape index (κ1) is 25.0. The van der Waals surface area contributed by atoms with Gasteiger partial charge in [-0.2, -0.15) is 0 Å². The number of hydrogen-bond acceptors (Lipinski definition) is 4. The van der Waals surface area contributed by atoms with Gasteiger partial charge in [-0.25, -0.2) is 0 Å².